The molecule has 0 aromatic carbocycles. The van der Waals surface area contributed by atoms with Crippen LogP contribution in [-0.2, 0) is 14.3 Å². The number of nitrogens with one attached hydrogen (secondary N) is 1. The molecule has 3 N–H and O–H groups in total. The van der Waals surface area contributed by atoms with Gasteiger partial charge in [0.05, 0.1) is 25.4 Å². The molecule has 1 amide bonds. The summed E-state index contributed by atoms with van der Waals surface area (Å²) in [5.74, 6) is -0.0103. The quantitative estimate of drug-likeness (QED) is 0.0320. The van der Waals surface area contributed by atoms with Gasteiger partial charge in [0.25, 0.3) is 0 Å². The fourth-order valence-corrected chi connectivity index (χ4v) is 12.3. The fraction of sp³-hybridized carbons (Fsp3) is 0.923. The Morgan fingerprint density at radius 1 is 0.321 bits per heavy atom. The summed E-state index contributed by atoms with van der Waals surface area (Å²) in [4.78, 5) is 24.6. The van der Waals surface area contributed by atoms with E-state index in [2.05, 4.69) is 43.5 Å². The highest BCUT2D eigenvalue weighted by atomic mass is 16.5. The standard InChI is InChI=1S/C78H151NO5/c1-3-5-7-9-11-13-15-17-19-39-44-48-52-56-60-64-68-72-78(83)84-73-69-65-61-57-53-49-45-41-38-36-34-32-30-28-26-24-22-20-21-23-25-27-29-31-33-35-37-40-43-47-51-55-59-63-67-71-77(82)79-75(74-80)76(81)70-66-62-58-54-50-46-42-18-16-14-12-10-8-6-4-2/h17,19,22,24,75-76,80-81H,3-16,18,20-21,23,25-74H2,1-2H3,(H,79,82)/b19-17-,24-22-. The van der Waals surface area contributed by atoms with Crippen LogP contribution in [0.15, 0.2) is 24.3 Å². The van der Waals surface area contributed by atoms with Gasteiger partial charge in [0.1, 0.15) is 0 Å². The van der Waals surface area contributed by atoms with E-state index in [-0.39, 0.29) is 18.5 Å². The van der Waals surface area contributed by atoms with Crippen LogP contribution in [0.3, 0.4) is 0 Å². The van der Waals surface area contributed by atoms with E-state index in [1.807, 2.05) is 0 Å². The summed E-state index contributed by atoms with van der Waals surface area (Å²) in [5, 5.41) is 23.4. The lowest BCUT2D eigenvalue weighted by molar-refractivity contribution is -0.143. The predicted molar refractivity (Wildman–Crippen MR) is 370 cm³/mol. The van der Waals surface area contributed by atoms with Crippen molar-refractivity contribution >= 4 is 11.9 Å². The van der Waals surface area contributed by atoms with Crippen molar-refractivity contribution in [3.05, 3.63) is 24.3 Å². The summed E-state index contributed by atoms with van der Waals surface area (Å²) in [6.07, 6.45) is 94.1. The van der Waals surface area contributed by atoms with E-state index in [0.29, 0.717) is 25.9 Å². The van der Waals surface area contributed by atoms with Gasteiger partial charge in [-0.3, -0.25) is 9.59 Å². The van der Waals surface area contributed by atoms with Crippen molar-refractivity contribution in [2.24, 2.45) is 0 Å². The minimum absolute atomic E-state index is 0.0177. The third-order valence-corrected chi connectivity index (χ3v) is 18.2. The Hall–Kier alpha value is -1.66. The molecule has 0 heterocycles. The second kappa shape index (κ2) is 73.8. The maximum atomic E-state index is 12.5. The maximum absolute atomic E-state index is 12.5. The van der Waals surface area contributed by atoms with Gasteiger partial charge in [-0.15, -0.1) is 0 Å². The Kier molecular flexibility index (Phi) is 72.3. The van der Waals surface area contributed by atoms with Crippen molar-refractivity contribution in [3.8, 4) is 0 Å². The van der Waals surface area contributed by atoms with E-state index in [9.17, 15) is 19.8 Å². The smallest absolute Gasteiger partial charge is 0.305 e. The van der Waals surface area contributed by atoms with Crippen LogP contribution in [0.4, 0.5) is 0 Å². The molecule has 0 aromatic rings. The number of carbonyl (C=O) groups excluding carboxylic acids is 2. The van der Waals surface area contributed by atoms with Crippen LogP contribution in [0.1, 0.15) is 438 Å². The second-order valence-corrected chi connectivity index (χ2v) is 26.7. The van der Waals surface area contributed by atoms with E-state index in [1.165, 1.54) is 360 Å². The van der Waals surface area contributed by atoms with Gasteiger partial charge in [0.2, 0.25) is 5.91 Å². The number of rotatable bonds is 73. The van der Waals surface area contributed by atoms with Crippen LogP contribution < -0.4 is 5.32 Å². The summed E-state index contributed by atoms with van der Waals surface area (Å²) < 4.78 is 5.51. The summed E-state index contributed by atoms with van der Waals surface area (Å²) in [6, 6.07) is -0.538. The summed E-state index contributed by atoms with van der Waals surface area (Å²) in [6.45, 7) is 4.99. The first kappa shape index (κ1) is 82.3. The average Bonchev–Trinajstić information content (AvgIpc) is 3.53. The maximum Gasteiger partial charge on any atom is 0.305 e. The number of amides is 1. The van der Waals surface area contributed by atoms with Gasteiger partial charge in [-0.1, -0.05) is 372 Å². The topological polar surface area (TPSA) is 95.9 Å². The Labute approximate surface area is 526 Å². The summed E-state index contributed by atoms with van der Waals surface area (Å²) in [7, 11) is 0. The molecule has 0 bridgehead atoms. The normalized spacial score (nSPS) is 12.6. The molecule has 0 aromatic heterocycles. The largest absolute Gasteiger partial charge is 0.466 e. The molecule has 2 atom stereocenters. The molecule has 6 nitrogen and oxygen atoms in total. The molecular weight excluding hydrogens is 1030 g/mol. The lowest BCUT2D eigenvalue weighted by Gasteiger charge is -2.22. The Morgan fingerprint density at radius 2 is 0.560 bits per heavy atom. The van der Waals surface area contributed by atoms with E-state index >= 15 is 0 Å². The predicted octanol–water partition coefficient (Wildman–Crippen LogP) is 25.3. The number of aliphatic hydroxyl groups excluding tert-OH is 2. The zero-order valence-corrected chi connectivity index (χ0v) is 57.2. The fourth-order valence-electron chi connectivity index (χ4n) is 12.3. The molecule has 0 aliphatic rings. The van der Waals surface area contributed by atoms with E-state index in [4.69, 9.17) is 4.74 Å². The van der Waals surface area contributed by atoms with Crippen molar-refractivity contribution in [1.29, 1.82) is 0 Å². The van der Waals surface area contributed by atoms with Crippen LogP contribution in [-0.4, -0.2) is 47.4 Å². The monoisotopic (exact) mass is 1180 g/mol. The number of unbranched alkanes of at least 4 members (excludes halogenated alkanes) is 58. The van der Waals surface area contributed by atoms with E-state index in [0.717, 1.165) is 44.9 Å². The Bertz CT molecular complexity index is 1320. The highest BCUT2D eigenvalue weighted by Crippen LogP contribution is 2.20. The molecule has 6 heteroatoms. The van der Waals surface area contributed by atoms with Gasteiger partial charge in [-0.2, -0.15) is 0 Å². The van der Waals surface area contributed by atoms with Gasteiger partial charge in [0.15, 0.2) is 0 Å². The van der Waals surface area contributed by atoms with Crippen LogP contribution >= 0.6 is 0 Å². The van der Waals surface area contributed by atoms with Crippen molar-refractivity contribution < 1.29 is 24.5 Å². The number of hydrogen-bond acceptors (Lipinski definition) is 5. The second-order valence-electron chi connectivity index (χ2n) is 26.7. The molecule has 84 heavy (non-hydrogen) atoms. The number of allylic oxidation sites excluding steroid dienone is 4. The van der Waals surface area contributed by atoms with Gasteiger partial charge in [-0.05, 0) is 77.0 Å². The summed E-state index contributed by atoms with van der Waals surface area (Å²) >= 11 is 0. The SMILES string of the molecule is CCCCCCCC/C=C\CCCCCCCCCC(=O)OCCCCCCCCCCCCCCCC/C=C\CCCCCCCCCCCCCCCCCCCC(=O)NC(CO)C(O)CCCCCCCCCCCCCCCCC. The van der Waals surface area contributed by atoms with Crippen LogP contribution in [0, 0.1) is 0 Å². The minimum Gasteiger partial charge on any atom is -0.466 e. The average molecular weight is 1180 g/mol. The lowest BCUT2D eigenvalue weighted by atomic mass is 10.0. The van der Waals surface area contributed by atoms with Crippen LogP contribution in [0.5, 0.6) is 0 Å². The summed E-state index contributed by atoms with van der Waals surface area (Å²) in [5.41, 5.74) is 0. The number of hydrogen-bond donors (Lipinski definition) is 3. The van der Waals surface area contributed by atoms with Gasteiger partial charge in [0, 0.05) is 12.8 Å². The highest BCUT2D eigenvalue weighted by Gasteiger charge is 2.20. The molecule has 0 aliphatic heterocycles. The third kappa shape index (κ3) is 69.4. The van der Waals surface area contributed by atoms with Crippen LogP contribution in [0.25, 0.3) is 0 Å². The third-order valence-electron chi connectivity index (χ3n) is 18.2. The van der Waals surface area contributed by atoms with Gasteiger partial charge in [-0.25, -0.2) is 0 Å². The lowest BCUT2D eigenvalue weighted by Crippen LogP contribution is -2.45. The molecule has 0 aliphatic carbocycles. The molecule has 498 valence electrons. The molecule has 0 saturated carbocycles. The molecule has 0 fully saturated rings. The molecule has 0 spiro atoms. The molecule has 0 radical (unpaired) electrons. The van der Waals surface area contributed by atoms with Crippen molar-refractivity contribution in [3.63, 3.8) is 0 Å². The number of esters is 1. The Balaban J connectivity index is 3.32. The number of carbonyl (C=O) groups is 2. The number of ether oxygens (including phenoxy) is 1. The van der Waals surface area contributed by atoms with Crippen molar-refractivity contribution in [2.45, 2.75) is 450 Å². The molecule has 0 rings (SSSR count). The van der Waals surface area contributed by atoms with E-state index < -0.39 is 12.1 Å². The molecule has 2 unspecified atom stereocenters. The van der Waals surface area contributed by atoms with Crippen molar-refractivity contribution in [1.82, 2.24) is 5.32 Å². The molecular formula is C78H151NO5. The van der Waals surface area contributed by atoms with E-state index in [1.54, 1.807) is 0 Å². The first-order valence-corrected chi connectivity index (χ1v) is 38.6. The Morgan fingerprint density at radius 3 is 0.845 bits per heavy atom. The molecule has 0 saturated heterocycles. The first-order valence-electron chi connectivity index (χ1n) is 38.6. The van der Waals surface area contributed by atoms with Gasteiger partial charge >= 0.3 is 5.97 Å². The number of aliphatic hydroxyl groups is 2. The van der Waals surface area contributed by atoms with Gasteiger partial charge < -0.3 is 20.3 Å². The highest BCUT2D eigenvalue weighted by molar-refractivity contribution is 5.76. The van der Waals surface area contributed by atoms with Crippen LogP contribution in [0.2, 0.25) is 0 Å². The zero-order valence-electron chi connectivity index (χ0n) is 57.2. The zero-order chi connectivity index (χ0) is 60.6. The first-order chi connectivity index (χ1) is 41.5. The minimum atomic E-state index is -0.661. The van der Waals surface area contributed by atoms with Crippen molar-refractivity contribution in [2.75, 3.05) is 13.2 Å².